The number of rotatable bonds is 5. The van der Waals surface area contributed by atoms with Gasteiger partial charge in [0.15, 0.2) is 0 Å². The molecule has 2 saturated heterocycles. The third-order valence-electron chi connectivity index (χ3n) is 6.83. The number of nitrogens with one attached hydrogen (secondary N) is 1. The Labute approximate surface area is 191 Å². The van der Waals surface area contributed by atoms with E-state index in [2.05, 4.69) is 69.7 Å². The van der Waals surface area contributed by atoms with E-state index in [1.165, 1.54) is 55.9 Å². The highest BCUT2D eigenvalue weighted by Crippen LogP contribution is 2.28. The van der Waals surface area contributed by atoms with E-state index < -0.39 is 0 Å². The zero-order valence-corrected chi connectivity index (χ0v) is 19.0. The Bertz CT molecular complexity index is 997. The molecule has 1 atom stereocenters. The van der Waals surface area contributed by atoms with Gasteiger partial charge in [-0.2, -0.15) is 4.98 Å². The summed E-state index contributed by atoms with van der Waals surface area (Å²) in [5.41, 5.74) is 2.43. The monoisotopic (exact) mass is 429 g/mol. The summed E-state index contributed by atoms with van der Waals surface area (Å²) >= 11 is 0. The smallest absolute Gasteiger partial charge is 0.225 e. The van der Waals surface area contributed by atoms with Crippen molar-refractivity contribution in [3.63, 3.8) is 0 Å². The molecule has 0 saturated carbocycles. The Morgan fingerprint density at radius 1 is 0.781 bits per heavy atom. The van der Waals surface area contributed by atoms with E-state index in [4.69, 9.17) is 9.97 Å². The van der Waals surface area contributed by atoms with Crippen LogP contribution in [0, 0.1) is 0 Å². The summed E-state index contributed by atoms with van der Waals surface area (Å²) in [5, 5.41) is 4.91. The minimum Gasteiger partial charge on any atom is -0.356 e. The Hall–Kier alpha value is -2.66. The Morgan fingerprint density at radius 2 is 1.53 bits per heavy atom. The lowest BCUT2D eigenvalue weighted by atomic mass is 10.1. The normalized spacial score (nSPS) is 20.6. The van der Waals surface area contributed by atoms with Gasteiger partial charge < -0.3 is 10.2 Å². The zero-order valence-electron chi connectivity index (χ0n) is 19.0. The summed E-state index contributed by atoms with van der Waals surface area (Å²) in [6.07, 6.45) is 8.81. The SMILES string of the molecule is c1ccc(CN2CCCC[C@H](Nc3nc(N4CCCCCC4)c4ccccc4n3)C2)cc1. The molecule has 1 N–H and O–H groups in total. The van der Waals surface area contributed by atoms with E-state index in [1.54, 1.807) is 0 Å². The number of para-hydroxylation sites is 1. The molecule has 168 valence electrons. The number of nitrogens with zero attached hydrogens (tertiary/aromatic N) is 4. The summed E-state index contributed by atoms with van der Waals surface area (Å²) in [4.78, 5) is 15.1. The highest BCUT2D eigenvalue weighted by atomic mass is 15.2. The van der Waals surface area contributed by atoms with Gasteiger partial charge in [0.1, 0.15) is 5.82 Å². The lowest BCUT2D eigenvalue weighted by Crippen LogP contribution is -2.35. The molecule has 2 fully saturated rings. The fourth-order valence-corrected chi connectivity index (χ4v) is 5.15. The van der Waals surface area contributed by atoms with Crippen LogP contribution in [-0.2, 0) is 6.54 Å². The van der Waals surface area contributed by atoms with Gasteiger partial charge in [-0.15, -0.1) is 0 Å². The Balaban J connectivity index is 1.36. The number of anilines is 2. The molecule has 3 heterocycles. The number of hydrogen-bond acceptors (Lipinski definition) is 5. The second kappa shape index (κ2) is 10.3. The van der Waals surface area contributed by atoms with Crippen molar-refractivity contribution < 1.29 is 0 Å². The number of hydrogen-bond donors (Lipinski definition) is 1. The highest BCUT2D eigenvalue weighted by Gasteiger charge is 2.21. The van der Waals surface area contributed by atoms with Crippen molar-refractivity contribution >= 4 is 22.7 Å². The first-order valence-corrected chi connectivity index (χ1v) is 12.4. The summed E-state index contributed by atoms with van der Waals surface area (Å²) in [7, 11) is 0. The van der Waals surface area contributed by atoms with Crippen molar-refractivity contribution in [2.75, 3.05) is 36.4 Å². The first-order chi connectivity index (χ1) is 15.8. The van der Waals surface area contributed by atoms with Crippen LogP contribution in [0.4, 0.5) is 11.8 Å². The summed E-state index contributed by atoms with van der Waals surface area (Å²) in [5.74, 6) is 1.89. The van der Waals surface area contributed by atoms with Crippen molar-refractivity contribution in [2.24, 2.45) is 0 Å². The highest BCUT2D eigenvalue weighted by molar-refractivity contribution is 5.90. The van der Waals surface area contributed by atoms with Crippen LogP contribution < -0.4 is 10.2 Å². The Kier molecular flexibility index (Phi) is 6.83. The van der Waals surface area contributed by atoms with Crippen LogP contribution in [0.15, 0.2) is 54.6 Å². The van der Waals surface area contributed by atoms with Crippen LogP contribution in [-0.4, -0.2) is 47.1 Å². The molecule has 0 amide bonds. The molecule has 32 heavy (non-hydrogen) atoms. The molecule has 5 rings (SSSR count). The van der Waals surface area contributed by atoms with E-state index in [-0.39, 0.29) is 0 Å². The first-order valence-electron chi connectivity index (χ1n) is 12.4. The summed E-state index contributed by atoms with van der Waals surface area (Å²) in [6, 6.07) is 19.7. The Morgan fingerprint density at radius 3 is 2.38 bits per heavy atom. The van der Waals surface area contributed by atoms with Crippen molar-refractivity contribution in [3.05, 3.63) is 60.2 Å². The minimum atomic E-state index is 0.374. The molecule has 2 aliphatic rings. The molecule has 0 aliphatic carbocycles. The average molecular weight is 430 g/mol. The molecule has 0 radical (unpaired) electrons. The van der Waals surface area contributed by atoms with E-state index in [0.717, 1.165) is 50.0 Å². The number of benzene rings is 2. The third kappa shape index (κ3) is 5.21. The van der Waals surface area contributed by atoms with Gasteiger partial charge in [-0.3, -0.25) is 4.90 Å². The lowest BCUT2D eigenvalue weighted by molar-refractivity contribution is 0.269. The van der Waals surface area contributed by atoms with E-state index in [0.29, 0.717) is 6.04 Å². The first kappa shape index (κ1) is 21.2. The summed E-state index contributed by atoms with van der Waals surface area (Å²) in [6.45, 7) is 5.38. The minimum absolute atomic E-state index is 0.374. The predicted octanol–water partition coefficient (Wildman–Crippen LogP) is 5.48. The molecular formula is C27H35N5. The number of aromatic nitrogens is 2. The number of likely N-dealkylation sites (tertiary alicyclic amines) is 1. The second-order valence-corrected chi connectivity index (χ2v) is 9.35. The van der Waals surface area contributed by atoms with Gasteiger partial charge >= 0.3 is 0 Å². The topological polar surface area (TPSA) is 44.3 Å². The van der Waals surface area contributed by atoms with Gasteiger partial charge in [0, 0.05) is 37.6 Å². The fourth-order valence-electron chi connectivity index (χ4n) is 5.15. The van der Waals surface area contributed by atoms with Crippen molar-refractivity contribution in [2.45, 2.75) is 57.5 Å². The molecule has 2 aromatic carbocycles. The largest absolute Gasteiger partial charge is 0.356 e. The maximum atomic E-state index is 5.09. The van der Waals surface area contributed by atoms with Crippen LogP contribution in [0.2, 0.25) is 0 Å². The molecule has 0 unspecified atom stereocenters. The molecule has 1 aromatic heterocycles. The maximum Gasteiger partial charge on any atom is 0.225 e. The zero-order chi connectivity index (χ0) is 21.6. The molecule has 5 nitrogen and oxygen atoms in total. The van der Waals surface area contributed by atoms with Crippen LogP contribution in [0.1, 0.15) is 50.5 Å². The standard InChI is InChI=1S/C27H35N5/c1-2-10-19-32(18-9-1)26-24-15-6-7-16-25(24)29-27(30-26)28-23-14-8-11-17-31(21-23)20-22-12-4-3-5-13-22/h3-7,12-13,15-16,23H,1-2,8-11,14,17-21H2,(H,28,29,30)/t23-/m0/s1. The predicted molar refractivity (Wildman–Crippen MR) is 133 cm³/mol. The van der Waals surface area contributed by atoms with E-state index >= 15 is 0 Å². The quantitative estimate of drug-likeness (QED) is 0.582. The van der Waals surface area contributed by atoms with Crippen LogP contribution >= 0.6 is 0 Å². The van der Waals surface area contributed by atoms with E-state index in [9.17, 15) is 0 Å². The van der Waals surface area contributed by atoms with Gasteiger partial charge in [-0.1, -0.05) is 61.7 Å². The van der Waals surface area contributed by atoms with Gasteiger partial charge in [-0.05, 0) is 49.9 Å². The third-order valence-corrected chi connectivity index (χ3v) is 6.83. The molecule has 3 aromatic rings. The van der Waals surface area contributed by atoms with Crippen molar-refractivity contribution in [3.8, 4) is 0 Å². The van der Waals surface area contributed by atoms with Crippen LogP contribution in [0.25, 0.3) is 10.9 Å². The summed E-state index contributed by atoms with van der Waals surface area (Å²) < 4.78 is 0. The van der Waals surface area contributed by atoms with Gasteiger partial charge in [0.25, 0.3) is 0 Å². The lowest BCUT2D eigenvalue weighted by Gasteiger charge is -2.26. The van der Waals surface area contributed by atoms with Crippen LogP contribution in [0.3, 0.4) is 0 Å². The van der Waals surface area contributed by atoms with Gasteiger partial charge in [0.2, 0.25) is 5.95 Å². The second-order valence-electron chi connectivity index (χ2n) is 9.35. The van der Waals surface area contributed by atoms with Crippen LogP contribution in [0.5, 0.6) is 0 Å². The number of fused-ring (bicyclic) bond motifs is 1. The fraction of sp³-hybridized carbons (Fsp3) is 0.481. The molecular weight excluding hydrogens is 394 g/mol. The maximum absolute atomic E-state index is 5.09. The van der Waals surface area contributed by atoms with Gasteiger partial charge in [0.05, 0.1) is 5.52 Å². The van der Waals surface area contributed by atoms with Crippen molar-refractivity contribution in [1.82, 2.24) is 14.9 Å². The molecule has 0 spiro atoms. The average Bonchev–Trinajstić information content (AvgIpc) is 3.22. The van der Waals surface area contributed by atoms with E-state index in [1.807, 2.05) is 0 Å². The molecule has 5 heteroatoms. The molecule has 0 bridgehead atoms. The van der Waals surface area contributed by atoms with Gasteiger partial charge in [-0.25, -0.2) is 4.98 Å². The molecule has 2 aliphatic heterocycles. The van der Waals surface area contributed by atoms with Crippen molar-refractivity contribution in [1.29, 1.82) is 0 Å².